The molecule has 5 nitrogen and oxygen atoms in total. The lowest BCUT2D eigenvalue weighted by Crippen LogP contribution is -2.44. The molecule has 1 saturated heterocycles. The minimum absolute atomic E-state index is 0.0309. The Hall–Kier alpha value is -2.14. The summed E-state index contributed by atoms with van der Waals surface area (Å²) in [7, 11) is 0. The van der Waals surface area contributed by atoms with Crippen molar-refractivity contribution in [2.24, 2.45) is 41.4 Å². The smallest absolute Gasteiger partial charge is 0.233 e. The summed E-state index contributed by atoms with van der Waals surface area (Å²) in [6.45, 7) is 0. The van der Waals surface area contributed by atoms with Gasteiger partial charge >= 0.3 is 0 Å². The molecule has 6 heteroatoms. The second-order valence-electron chi connectivity index (χ2n) is 9.68. The summed E-state index contributed by atoms with van der Waals surface area (Å²) in [5.41, 5.74) is 0.627. The number of nitrogens with one attached hydrogen (secondary N) is 1. The molecule has 1 aromatic carbocycles. The zero-order valence-electron chi connectivity index (χ0n) is 16.7. The molecule has 3 amide bonds. The van der Waals surface area contributed by atoms with E-state index < -0.39 is 0 Å². The van der Waals surface area contributed by atoms with E-state index in [1.54, 1.807) is 17.0 Å². The molecule has 4 fully saturated rings. The third-order valence-electron chi connectivity index (χ3n) is 8.26. The summed E-state index contributed by atoms with van der Waals surface area (Å²) < 4.78 is 0. The van der Waals surface area contributed by atoms with Gasteiger partial charge in [0.2, 0.25) is 17.7 Å². The van der Waals surface area contributed by atoms with Gasteiger partial charge in [0.25, 0.3) is 0 Å². The molecule has 5 aliphatic carbocycles. The highest BCUT2D eigenvalue weighted by Crippen LogP contribution is 2.65. The van der Waals surface area contributed by atoms with E-state index in [1.807, 2.05) is 12.1 Å². The molecular formula is C24H25ClN2O3. The van der Waals surface area contributed by atoms with Gasteiger partial charge in [-0.05, 0) is 67.9 Å². The van der Waals surface area contributed by atoms with E-state index in [4.69, 9.17) is 11.6 Å². The van der Waals surface area contributed by atoms with Crippen LogP contribution in [0.5, 0.6) is 0 Å². The molecular weight excluding hydrogens is 400 g/mol. The van der Waals surface area contributed by atoms with Crippen molar-refractivity contribution >= 4 is 35.0 Å². The molecule has 3 saturated carbocycles. The molecule has 0 unspecified atom stereocenters. The third-order valence-corrected chi connectivity index (χ3v) is 8.59. The van der Waals surface area contributed by atoms with E-state index in [9.17, 15) is 14.4 Å². The summed E-state index contributed by atoms with van der Waals surface area (Å²) in [5.74, 6) is 1.50. The predicted octanol–water partition coefficient (Wildman–Crippen LogP) is 3.89. The Bertz CT molecular complexity index is 931. The Morgan fingerprint density at radius 2 is 1.53 bits per heavy atom. The topological polar surface area (TPSA) is 66.5 Å². The maximum Gasteiger partial charge on any atom is 0.233 e. The van der Waals surface area contributed by atoms with Gasteiger partial charge in [-0.2, -0.15) is 0 Å². The average Bonchev–Trinajstić information content (AvgIpc) is 3.53. The minimum Gasteiger partial charge on any atom is -0.325 e. The summed E-state index contributed by atoms with van der Waals surface area (Å²) >= 11 is 6.15. The van der Waals surface area contributed by atoms with Crippen molar-refractivity contribution in [3.8, 4) is 0 Å². The molecule has 2 bridgehead atoms. The number of hydrogen-bond acceptors (Lipinski definition) is 3. The molecule has 7 rings (SSSR count). The Morgan fingerprint density at radius 3 is 2.13 bits per heavy atom. The highest BCUT2D eigenvalue weighted by Gasteiger charge is 2.67. The van der Waals surface area contributed by atoms with E-state index in [0.29, 0.717) is 48.2 Å². The van der Waals surface area contributed by atoms with Gasteiger partial charge in [0.15, 0.2) is 0 Å². The van der Waals surface area contributed by atoms with Crippen LogP contribution in [0.25, 0.3) is 0 Å². The Labute approximate surface area is 180 Å². The first-order chi connectivity index (χ1) is 14.5. The highest BCUT2D eigenvalue weighted by atomic mass is 35.5. The number of carbonyl (C=O) groups excluding carboxylic acids is 3. The van der Waals surface area contributed by atoms with Crippen LogP contribution in [0, 0.1) is 41.4 Å². The Kier molecular flexibility index (Phi) is 4.14. The zero-order valence-corrected chi connectivity index (χ0v) is 17.4. The summed E-state index contributed by atoms with van der Waals surface area (Å²) in [6.07, 6.45) is 8.38. The molecule has 6 atom stereocenters. The number of hydrogen-bond donors (Lipinski definition) is 1. The minimum atomic E-state index is -0.127. The number of nitrogens with zero attached hydrogens (tertiary/aromatic N) is 1. The quantitative estimate of drug-likeness (QED) is 0.591. The van der Waals surface area contributed by atoms with Gasteiger partial charge in [0.05, 0.1) is 22.5 Å². The maximum absolute atomic E-state index is 13.3. The molecule has 0 aromatic heterocycles. The largest absolute Gasteiger partial charge is 0.325 e. The first-order valence-electron chi connectivity index (χ1n) is 11.1. The molecule has 30 heavy (non-hydrogen) atoms. The number of amides is 3. The van der Waals surface area contributed by atoms with Crippen LogP contribution in [0.4, 0.5) is 5.69 Å². The highest BCUT2D eigenvalue weighted by molar-refractivity contribution is 6.33. The van der Waals surface area contributed by atoms with Crippen LogP contribution in [-0.4, -0.2) is 28.7 Å². The Balaban J connectivity index is 1.12. The number of carbonyl (C=O) groups is 3. The summed E-state index contributed by atoms with van der Waals surface area (Å²) in [5, 5.41) is 3.45. The molecule has 156 valence electrons. The van der Waals surface area contributed by atoms with Crippen LogP contribution in [0.15, 0.2) is 36.4 Å². The third kappa shape index (κ3) is 2.64. The van der Waals surface area contributed by atoms with Crippen LogP contribution in [0.2, 0.25) is 5.02 Å². The number of imide groups is 1. The number of anilines is 1. The number of allylic oxidation sites excluding steroid dienone is 2. The predicted molar refractivity (Wildman–Crippen MR) is 112 cm³/mol. The van der Waals surface area contributed by atoms with Crippen LogP contribution in [0.1, 0.15) is 32.1 Å². The SMILES string of the molecule is O=C(Nc1ccccc1Cl)C1CCC(N2C(=O)[C@@H]3[C@@H]4C=C[C@H]([C@H]5C[C@H]45)[C@@H]3C2=O)CC1. The van der Waals surface area contributed by atoms with Crippen LogP contribution < -0.4 is 5.32 Å². The van der Waals surface area contributed by atoms with E-state index in [0.717, 1.165) is 0 Å². The number of benzene rings is 1. The molecule has 6 aliphatic rings. The fourth-order valence-corrected chi connectivity index (χ4v) is 6.92. The van der Waals surface area contributed by atoms with E-state index in [2.05, 4.69) is 17.5 Å². The van der Waals surface area contributed by atoms with Gasteiger partial charge in [-0.3, -0.25) is 19.3 Å². The molecule has 1 aromatic rings. The van der Waals surface area contributed by atoms with Crippen molar-refractivity contribution < 1.29 is 14.4 Å². The van der Waals surface area contributed by atoms with Crippen LogP contribution in [0.3, 0.4) is 0 Å². The summed E-state index contributed by atoms with van der Waals surface area (Å²) in [4.78, 5) is 40.8. The van der Waals surface area contributed by atoms with Crippen molar-refractivity contribution in [1.82, 2.24) is 4.90 Å². The van der Waals surface area contributed by atoms with E-state index in [-0.39, 0.29) is 53.4 Å². The molecule has 0 radical (unpaired) electrons. The molecule has 1 N–H and O–H groups in total. The molecule has 1 heterocycles. The number of likely N-dealkylation sites (tertiary alicyclic amines) is 1. The zero-order chi connectivity index (χ0) is 20.6. The first kappa shape index (κ1) is 18.6. The van der Waals surface area contributed by atoms with Gasteiger partial charge in [-0.15, -0.1) is 0 Å². The standard InChI is InChI=1S/C24H25ClN2O3/c25-18-3-1-2-4-19(18)26-22(28)12-5-7-13(8-6-12)27-23(29)20-14-9-10-15(17-11-16(14)17)21(20)24(27)30/h1-4,9-10,12-17,20-21H,5-8,11H2,(H,26,28)/t12?,13?,14-,15-,16-,17-,20-,21+/m1/s1. The van der Waals surface area contributed by atoms with Gasteiger partial charge in [-0.25, -0.2) is 0 Å². The second-order valence-corrected chi connectivity index (χ2v) is 10.1. The van der Waals surface area contributed by atoms with Crippen molar-refractivity contribution in [3.63, 3.8) is 0 Å². The van der Waals surface area contributed by atoms with E-state index in [1.165, 1.54) is 6.42 Å². The van der Waals surface area contributed by atoms with Gasteiger partial charge < -0.3 is 5.32 Å². The van der Waals surface area contributed by atoms with Gasteiger partial charge in [0.1, 0.15) is 0 Å². The van der Waals surface area contributed by atoms with Gasteiger partial charge in [0, 0.05) is 12.0 Å². The number of halogens is 1. The summed E-state index contributed by atoms with van der Waals surface area (Å²) in [6, 6.07) is 7.16. The van der Waals surface area contributed by atoms with Crippen LogP contribution in [-0.2, 0) is 14.4 Å². The maximum atomic E-state index is 13.3. The number of rotatable bonds is 3. The van der Waals surface area contributed by atoms with Crippen molar-refractivity contribution in [3.05, 3.63) is 41.4 Å². The lowest BCUT2D eigenvalue weighted by Gasteiger charge is -2.37. The van der Waals surface area contributed by atoms with Crippen molar-refractivity contribution in [1.29, 1.82) is 0 Å². The van der Waals surface area contributed by atoms with Crippen molar-refractivity contribution in [2.75, 3.05) is 5.32 Å². The molecule has 1 aliphatic heterocycles. The van der Waals surface area contributed by atoms with E-state index >= 15 is 0 Å². The fraction of sp³-hybridized carbons (Fsp3) is 0.542. The monoisotopic (exact) mass is 424 g/mol. The normalized spacial score (nSPS) is 40.9. The molecule has 0 spiro atoms. The lowest BCUT2D eigenvalue weighted by molar-refractivity contribution is -0.144. The fourth-order valence-electron chi connectivity index (χ4n) is 6.73. The first-order valence-corrected chi connectivity index (χ1v) is 11.5. The lowest BCUT2D eigenvalue weighted by atomic mass is 9.63. The van der Waals surface area contributed by atoms with Gasteiger partial charge in [-0.1, -0.05) is 35.9 Å². The van der Waals surface area contributed by atoms with Crippen molar-refractivity contribution in [2.45, 2.75) is 38.1 Å². The van der Waals surface area contributed by atoms with Crippen LogP contribution >= 0.6 is 11.6 Å². The Morgan fingerprint density at radius 1 is 0.933 bits per heavy atom. The number of para-hydroxylation sites is 1. The second kappa shape index (κ2) is 6.68. The average molecular weight is 425 g/mol.